The fraction of sp³-hybridized carbons (Fsp3) is 0.375. The molecule has 0 spiro atoms. The second-order valence-corrected chi connectivity index (χ2v) is 5.07. The lowest BCUT2D eigenvalue weighted by Crippen LogP contribution is -2.37. The van der Waals surface area contributed by atoms with Crippen molar-refractivity contribution < 1.29 is 9.90 Å². The molecule has 0 saturated carbocycles. The molecular weight excluding hydrogens is 266 g/mol. The van der Waals surface area contributed by atoms with Gasteiger partial charge in [-0.05, 0) is 38.5 Å². The van der Waals surface area contributed by atoms with Gasteiger partial charge in [0.1, 0.15) is 5.82 Å². The molecule has 21 heavy (non-hydrogen) atoms. The minimum Gasteiger partial charge on any atom is -0.394 e. The smallest absolute Gasteiger partial charge is 0.253 e. The molecular formula is C16H21N3O2. The highest BCUT2D eigenvalue weighted by Gasteiger charge is 2.18. The summed E-state index contributed by atoms with van der Waals surface area (Å²) in [5.74, 6) is 0.631. The van der Waals surface area contributed by atoms with Crippen molar-refractivity contribution in [3.05, 3.63) is 47.4 Å². The maximum Gasteiger partial charge on any atom is 0.253 e. The Labute approximate surface area is 124 Å². The third-order valence-electron chi connectivity index (χ3n) is 3.60. The van der Waals surface area contributed by atoms with Gasteiger partial charge in [0.05, 0.1) is 18.2 Å². The minimum absolute atomic E-state index is 0.0543. The molecule has 2 heterocycles. The zero-order chi connectivity index (χ0) is 15.4. The summed E-state index contributed by atoms with van der Waals surface area (Å²) in [6.07, 6.45) is 2.42. The summed E-state index contributed by atoms with van der Waals surface area (Å²) in [4.78, 5) is 16.7. The third kappa shape index (κ3) is 3.13. The van der Waals surface area contributed by atoms with Gasteiger partial charge in [0.15, 0.2) is 0 Å². The molecule has 2 aromatic heterocycles. The van der Waals surface area contributed by atoms with E-state index in [0.29, 0.717) is 12.0 Å². The first-order valence-corrected chi connectivity index (χ1v) is 7.10. The average molecular weight is 287 g/mol. The molecule has 5 heteroatoms. The van der Waals surface area contributed by atoms with E-state index >= 15 is 0 Å². The Kier molecular flexibility index (Phi) is 4.75. The van der Waals surface area contributed by atoms with Gasteiger partial charge in [-0.2, -0.15) is 0 Å². The van der Waals surface area contributed by atoms with Crippen molar-refractivity contribution in [1.82, 2.24) is 14.9 Å². The highest BCUT2D eigenvalue weighted by atomic mass is 16.3. The number of rotatable bonds is 5. The van der Waals surface area contributed by atoms with Gasteiger partial charge in [-0.25, -0.2) is 4.98 Å². The highest BCUT2D eigenvalue weighted by molar-refractivity contribution is 5.96. The first-order chi connectivity index (χ1) is 10.1. The molecule has 1 atom stereocenters. The summed E-state index contributed by atoms with van der Waals surface area (Å²) in [6.45, 7) is 5.72. The Balaban J connectivity index is 2.33. The van der Waals surface area contributed by atoms with E-state index in [9.17, 15) is 9.90 Å². The van der Waals surface area contributed by atoms with Crippen LogP contribution in [0.15, 0.2) is 30.5 Å². The van der Waals surface area contributed by atoms with Crippen LogP contribution in [0.5, 0.6) is 0 Å². The van der Waals surface area contributed by atoms with Crippen LogP contribution in [-0.4, -0.2) is 33.2 Å². The quantitative estimate of drug-likeness (QED) is 0.883. The van der Waals surface area contributed by atoms with E-state index in [1.54, 1.807) is 6.20 Å². The molecule has 0 radical (unpaired) electrons. The zero-order valence-corrected chi connectivity index (χ0v) is 12.6. The van der Waals surface area contributed by atoms with E-state index in [1.165, 1.54) is 0 Å². The van der Waals surface area contributed by atoms with Crippen molar-refractivity contribution >= 4 is 5.91 Å². The number of nitrogens with one attached hydrogen (secondary N) is 1. The largest absolute Gasteiger partial charge is 0.394 e. The van der Waals surface area contributed by atoms with Crippen molar-refractivity contribution in [2.45, 2.75) is 33.2 Å². The summed E-state index contributed by atoms with van der Waals surface area (Å²) in [7, 11) is 0. The molecule has 0 aromatic carbocycles. The van der Waals surface area contributed by atoms with Gasteiger partial charge in [0, 0.05) is 17.6 Å². The lowest BCUT2D eigenvalue weighted by atomic mass is 10.2. The van der Waals surface area contributed by atoms with E-state index in [1.807, 2.05) is 49.6 Å². The molecule has 0 aliphatic carbocycles. The first-order valence-electron chi connectivity index (χ1n) is 7.10. The van der Waals surface area contributed by atoms with Crippen LogP contribution >= 0.6 is 0 Å². The Morgan fingerprint density at radius 3 is 2.76 bits per heavy atom. The molecule has 1 unspecified atom stereocenters. The minimum atomic E-state index is -0.213. The van der Waals surface area contributed by atoms with Gasteiger partial charge in [0.25, 0.3) is 5.91 Å². The molecule has 0 aliphatic rings. The fourth-order valence-corrected chi connectivity index (χ4v) is 2.37. The number of aryl methyl sites for hydroxylation is 1. The summed E-state index contributed by atoms with van der Waals surface area (Å²) < 4.78 is 1.95. The van der Waals surface area contributed by atoms with Crippen LogP contribution in [0, 0.1) is 13.8 Å². The predicted octanol–water partition coefficient (Wildman–Crippen LogP) is 1.99. The molecule has 0 fully saturated rings. The molecule has 2 N–H and O–H groups in total. The number of aromatic nitrogens is 2. The molecule has 2 aromatic rings. The van der Waals surface area contributed by atoms with Crippen molar-refractivity contribution in [2.75, 3.05) is 6.61 Å². The Morgan fingerprint density at radius 2 is 2.19 bits per heavy atom. The Bertz CT molecular complexity index is 616. The number of nitrogens with zero attached hydrogens (tertiary/aromatic N) is 2. The van der Waals surface area contributed by atoms with Crippen LogP contribution in [0.4, 0.5) is 0 Å². The number of hydrogen-bond acceptors (Lipinski definition) is 3. The van der Waals surface area contributed by atoms with Crippen LogP contribution in [0.3, 0.4) is 0 Å². The van der Waals surface area contributed by atoms with Crippen molar-refractivity contribution in [3.63, 3.8) is 0 Å². The number of carbonyl (C=O) groups excluding carboxylic acids is 1. The monoisotopic (exact) mass is 287 g/mol. The Hall–Kier alpha value is -2.14. The van der Waals surface area contributed by atoms with Gasteiger partial charge < -0.3 is 15.0 Å². The molecule has 5 nitrogen and oxygen atoms in total. The molecule has 0 bridgehead atoms. The van der Waals surface area contributed by atoms with Crippen LogP contribution < -0.4 is 5.32 Å². The van der Waals surface area contributed by atoms with Crippen LogP contribution in [0.25, 0.3) is 5.82 Å². The summed E-state index contributed by atoms with van der Waals surface area (Å²) in [5.41, 5.74) is 2.41. The number of aliphatic hydroxyl groups is 1. The van der Waals surface area contributed by atoms with Gasteiger partial charge in [-0.3, -0.25) is 4.79 Å². The van der Waals surface area contributed by atoms with E-state index in [-0.39, 0.29) is 18.6 Å². The maximum absolute atomic E-state index is 12.3. The second kappa shape index (κ2) is 6.54. The number of aliphatic hydroxyl groups excluding tert-OH is 1. The van der Waals surface area contributed by atoms with Crippen LogP contribution in [-0.2, 0) is 0 Å². The molecule has 0 aliphatic heterocycles. The first kappa shape index (κ1) is 15.3. The predicted molar refractivity (Wildman–Crippen MR) is 81.7 cm³/mol. The Morgan fingerprint density at radius 1 is 1.43 bits per heavy atom. The molecule has 0 saturated heterocycles. The van der Waals surface area contributed by atoms with Gasteiger partial charge in [-0.15, -0.1) is 0 Å². The number of hydrogen-bond donors (Lipinski definition) is 2. The van der Waals surface area contributed by atoms with Crippen molar-refractivity contribution in [3.8, 4) is 5.82 Å². The summed E-state index contributed by atoms with van der Waals surface area (Å²) in [5, 5.41) is 12.0. The van der Waals surface area contributed by atoms with Crippen LogP contribution in [0.1, 0.15) is 35.1 Å². The molecule has 1 amide bonds. The highest BCUT2D eigenvalue weighted by Crippen LogP contribution is 2.19. The number of carbonyl (C=O) groups is 1. The van der Waals surface area contributed by atoms with E-state index in [2.05, 4.69) is 10.3 Å². The summed E-state index contributed by atoms with van der Waals surface area (Å²) >= 11 is 0. The SMILES string of the molecule is CCC(CO)NC(=O)c1cc(C)n(-c2ccccn2)c1C. The number of pyridine rings is 1. The second-order valence-electron chi connectivity index (χ2n) is 5.07. The standard InChI is InChI=1S/C16H21N3O2/c1-4-13(10-20)18-16(21)14-9-11(2)19(12(14)3)15-7-5-6-8-17-15/h5-9,13,20H,4,10H2,1-3H3,(H,18,21). The number of amides is 1. The van der Waals surface area contributed by atoms with Gasteiger partial charge in [0.2, 0.25) is 0 Å². The lowest BCUT2D eigenvalue weighted by molar-refractivity contribution is 0.0914. The normalized spacial score (nSPS) is 12.2. The third-order valence-corrected chi connectivity index (χ3v) is 3.60. The maximum atomic E-state index is 12.3. The fourth-order valence-electron chi connectivity index (χ4n) is 2.37. The van der Waals surface area contributed by atoms with Gasteiger partial charge in [-0.1, -0.05) is 13.0 Å². The van der Waals surface area contributed by atoms with E-state index in [0.717, 1.165) is 17.2 Å². The zero-order valence-electron chi connectivity index (χ0n) is 12.6. The summed E-state index contributed by atoms with van der Waals surface area (Å²) in [6, 6.07) is 7.32. The lowest BCUT2D eigenvalue weighted by Gasteiger charge is -2.14. The molecule has 2 rings (SSSR count). The van der Waals surface area contributed by atoms with E-state index in [4.69, 9.17) is 0 Å². The average Bonchev–Trinajstić information content (AvgIpc) is 2.80. The van der Waals surface area contributed by atoms with Crippen molar-refractivity contribution in [1.29, 1.82) is 0 Å². The van der Waals surface area contributed by atoms with E-state index < -0.39 is 0 Å². The topological polar surface area (TPSA) is 67.2 Å². The van der Waals surface area contributed by atoms with Crippen LogP contribution in [0.2, 0.25) is 0 Å². The van der Waals surface area contributed by atoms with Gasteiger partial charge >= 0.3 is 0 Å². The van der Waals surface area contributed by atoms with Crippen molar-refractivity contribution in [2.24, 2.45) is 0 Å². The molecule has 112 valence electrons.